The summed E-state index contributed by atoms with van der Waals surface area (Å²) in [6.45, 7) is 3.59. The minimum absolute atomic E-state index is 0.373. The SMILES string of the molecule is Cc1cccc(-c2nc3n(c2-c2ccoc(=O)c2)CCN3)n1. The van der Waals surface area contributed by atoms with Crippen LogP contribution in [0.2, 0.25) is 0 Å². The first-order valence-corrected chi connectivity index (χ1v) is 7.10. The summed E-state index contributed by atoms with van der Waals surface area (Å²) in [5.74, 6) is 0.807. The Labute approximate surface area is 126 Å². The van der Waals surface area contributed by atoms with E-state index in [1.807, 2.05) is 25.1 Å². The number of imidazole rings is 1. The molecule has 0 bridgehead atoms. The van der Waals surface area contributed by atoms with Crippen LogP contribution in [0.3, 0.4) is 0 Å². The van der Waals surface area contributed by atoms with E-state index in [9.17, 15) is 4.79 Å². The maximum atomic E-state index is 11.6. The number of hydrogen-bond acceptors (Lipinski definition) is 5. The topological polar surface area (TPSA) is 73.0 Å². The predicted octanol–water partition coefficient (Wildman–Crippen LogP) is 2.30. The molecule has 1 N–H and O–H groups in total. The van der Waals surface area contributed by atoms with Crippen LogP contribution in [0.1, 0.15) is 5.69 Å². The van der Waals surface area contributed by atoms with Crippen molar-refractivity contribution in [1.29, 1.82) is 0 Å². The normalized spacial score (nSPS) is 13.0. The second-order valence-electron chi connectivity index (χ2n) is 5.21. The van der Waals surface area contributed by atoms with Gasteiger partial charge in [0.15, 0.2) is 0 Å². The van der Waals surface area contributed by atoms with E-state index in [2.05, 4.69) is 19.9 Å². The van der Waals surface area contributed by atoms with Crippen LogP contribution in [-0.2, 0) is 6.54 Å². The summed E-state index contributed by atoms with van der Waals surface area (Å²) < 4.78 is 6.91. The van der Waals surface area contributed by atoms with Crippen molar-refractivity contribution in [3.05, 3.63) is 52.7 Å². The number of nitrogens with zero attached hydrogens (tertiary/aromatic N) is 3. The molecule has 0 saturated carbocycles. The van der Waals surface area contributed by atoms with Gasteiger partial charge in [0.2, 0.25) is 5.95 Å². The summed E-state index contributed by atoms with van der Waals surface area (Å²) >= 11 is 0. The fraction of sp³-hybridized carbons (Fsp3) is 0.188. The van der Waals surface area contributed by atoms with Crippen molar-refractivity contribution >= 4 is 5.95 Å². The van der Waals surface area contributed by atoms with E-state index in [1.54, 1.807) is 6.07 Å². The molecule has 0 radical (unpaired) electrons. The van der Waals surface area contributed by atoms with Gasteiger partial charge in [0.25, 0.3) is 0 Å². The minimum atomic E-state index is -0.373. The molecular formula is C16H14N4O2. The zero-order chi connectivity index (χ0) is 15.1. The second kappa shape index (κ2) is 4.84. The number of pyridine rings is 1. The molecule has 0 spiro atoms. The Balaban J connectivity index is 1.98. The molecule has 1 aliphatic heterocycles. The summed E-state index contributed by atoms with van der Waals surface area (Å²) in [5, 5.41) is 3.25. The van der Waals surface area contributed by atoms with Gasteiger partial charge in [-0.05, 0) is 25.1 Å². The quantitative estimate of drug-likeness (QED) is 0.785. The largest absolute Gasteiger partial charge is 0.431 e. The van der Waals surface area contributed by atoms with E-state index in [-0.39, 0.29) is 5.63 Å². The summed E-state index contributed by atoms with van der Waals surface area (Å²) in [6, 6.07) is 9.10. The van der Waals surface area contributed by atoms with Crippen molar-refractivity contribution in [3.8, 4) is 22.6 Å². The number of fused-ring (bicyclic) bond motifs is 1. The van der Waals surface area contributed by atoms with Gasteiger partial charge in [0, 0.05) is 30.4 Å². The van der Waals surface area contributed by atoms with Gasteiger partial charge in [-0.2, -0.15) is 0 Å². The fourth-order valence-electron chi connectivity index (χ4n) is 2.76. The van der Waals surface area contributed by atoms with Gasteiger partial charge in [-0.3, -0.25) is 4.98 Å². The molecule has 4 heterocycles. The third kappa shape index (κ3) is 2.00. The lowest BCUT2D eigenvalue weighted by Gasteiger charge is -2.07. The monoisotopic (exact) mass is 294 g/mol. The standard InChI is InChI=1S/C16H14N4O2/c1-10-3-2-4-12(18-10)14-15(11-5-8-22-13(21)9-11)20-7-6-17-16(20)19-14/h2-5,8-9H,6-7H2,1H3,(H,17,19). The summed E-state index contributed by atoms with van der Waals surface area (Å²) in [6.07, 6.45) is 1.41. The molecule has 6 heteroatoms. The van der Waals surface area contributed by atoms with Crippen LogP contribution < -0.4 is 10.9 Å². The first-order valence-electron chi connectivity index (χ1n) is 7.10. The van der Waals surface area contributed by atoms with Gasteiger partial charge in [0.1, 0.15) is 5.69 Å². The molecule has 0 aromatic carbocycles. The van der Waals surface area contributed by atoms with Gasteiger partial charge < -0.3 is 14.3 Å². The van der Waals surface area contributed by atoms with Crippen molar-refractivity contribution < 1.29 is 4.42 Å². The Hall–Kier alpha value is -2.89. The van der Waals surface area contributed by atoms with Crippen molar-refractivity contribution in [2.45, 2.75) is 13.5 Å². The van der Waals surface area contributed by atoms with Crippen LogP contribution in [0.4, 0.5) is 5.95 Å². The van der Waals surface area contributed by atoms with Crippen molar-refractivity contribution in [1.82, 2.24) is 14.5 Å². The van der Waals surface area contributed by atoms with E-state index in [4.69, 9.17) is 4.42 Å². The maximum absolute atomic E-state index is 11.6. The van der Waals surface area contributed by atoms with Gasteiger partial charge in [0.05, 0.1) is 17.7 Å². The lowest BCUT2D eigenvalue weighted by molar-refractivity contribution is 0.511. The van der Waals surface area contributed by atoms with Crippen molar-refractivity contribution in [2.24, 2.45) is 0 Å². The highest BCUT2D eigenvalue weighted by atomic mass is 16.4. The Morgan fingerprint density at radius 1 is 1.27 bits per heavy atom. The average Bonchev–Trinajstić information content (AvgIpc) is 3.07. The molecule has 3 aromatic rings. The first-order chi connectivity index (χ1) is 10.7. The Kier molecular flexibility index (Phi) is 2.82. The lowest BCUT2D eigenvalue weighted by atomic mass is 10.1. The van der Waals surface area contributed by atoms with E-state index in [1.165, 1.54) is 12.3 Å². The molecule has 0 unspecified atom stereocenters. The van der Waals surface area contributed by atoms with Crippen LogP contribution >= 0.6 is 0 Å². The first kappa shape index (κ1) is 12.8. The minimum Gasteiger partial charge on any atom is -0.431 e. The zero-order valence-electron chi connectivity index (χ0n) is 12.0. The molecule has 110 valence electrons. The smallest absolute Gasteiger partial charge is 0.336 e. The Morgan fingerprint density at radius 2 is 2.18 bits per heavy atom. The van der Waals surface area contributed by atoms with E-state index >= 15 is 0 Å². The Bertz CT molecular complexity index is 911. The number of rotatable bonds is 2. The lowest BCUT2D eigenvalue weighted by Crippen LogP contribution is -2.02. The van der Waals surface area contributed by atoms with Gasteiger partial charge in [-0.15, -0.1) is 0 Å². The van der Waals surface area contributed by atoms with Crippen LogP contribution in [0.15, 0.2) is 45.8 Å². The molecule has 0 fully saturated rings. The van der Waals surface area contributed by atoms with Crippen LogP contribution in [0.5, 0.6) is 0 Å². The molecular weight excluding hydrogens is 280 g/mol. The molecule has 4 rings (SSSR count). The van der Waals surface area contributed by atoms with E-state index < -0.39 is 0 Å². The third-order valence-electron chi connectivity index (χ3n) is 3.70. The van der Waals surface area contributed by atoms with Gasteiger partial charge in [-0.1, -0.05) is 6.07 Å². The van der Waals surface area contributed by atoms with Gasteiger partial charge in [-0.25, -0.2) is 9.78 Å². The highest BCUT2D eigenvalue weighted by Crippen LogP contribution is 2.34. The molecule has 0 atom stereocenters. The fourth-order valence-corrected chi connectivity index (χ4v) is 2.76. The number of aromatic nitrogens is 3. The molecule has 0 saturated heterocycles. The third-order valence-corrected chi connectivity index (χ3v) is 3.70. The predicted molar refractivity (Wildman–Crippen MR) is 82.7 cm³/mol. The molecule has 1 aliphatic rings. The van der Waals surface area contributed by atoms with Crippen LogP contribution in [0, 0.1) is 6.92 Å². The number of hydrogen-bond donors (Lipinski definition) is 1. The van der Waals surface area contributed by atoms with Crippen molar-refractivity contribution in [2.75, 3.05) is 11.9 Å². The van der Waals surface area contributed by atoms with Crippen molar-refractivity contribution in [3.63, 3.8) is 0 Å². The molecule has 3 aromatic heterocycles. The zero-order valence-corrected chi connectivity index (χ0v) is 12.0. The summed E-state index contributed by atoms with van der Waals surface area (Å²) in [7, 11) is 0. The highest BCUT2D eigenvalue weighted by Gasteiger charge is 2.24. The maximum Gasteiger partial charge on any atom is 0.336 e. The summed E-state index contributed by atoms with van der Waals surface area (Å²) in [5.41, 5.74) is 3.81. The van der Waals surface area contributed by atoms with E-state index in [0.29, 0.717) is 0 Å². The average molecular weight is 294 g/mol. The second-order valence-corrected chi connectivity index (χ2v) is 5.21. The number of nitrogens with one attached hydrogen (secondary N) is 1. The molecule has 6 nitrogen and oxygen atoms in total. The van der Waals surface area contributed by atoms with Crippen LogP contribution in [-0.4, -0.2) is 21.1 Å². The summed E-state index contributed by atoms with van der Waals surface area (Å²) in [4.78, 5) is 20.8. The molecule has 0 amide bonds. The van der Waals surface area contributed by atoms with Gasteiger partial charge >= 0.3 is 5.63 Å². The highest BCUT2D eigenvalue weighted by molar-refractivity contribution is 5.79. The number of anilines is 1. The molecule has 0 aliphatic carbocycles. The van der Waals surface area contributed by atoms with Crippen LogP contribution in [0.25, 0.3) is 22.6 Å². The number of aryl methyl sites for hydroxylation is 1. The Morgan fingerprint density at radius 3 is 3.00 bits per heavy atom. The van der Waals surface area contributed by atoms with E-state index in [0.717, 1.165) is 47.4 Å². The molecule has 22 heavy (non-hydrogen) atoms.